The molecule has 1 amide bonds. The lowest BCUT2D eigenvalue weighted by Crippen LogP contribution is -2.14. The fourth-order valence-electron chi connectivity index (χ4n) is 4.58. The van der Waals surface area contributed by atoms with Gasteiger partial charge in [-0.3, -0.25) is 4.79 Å². The molecule has 1 unspecified atom stereocenters. The third kappa shape index (κ3) is 3.47. The van der Waals surface area contributed by atoms with Gasteiger partial charge in [-0.25, -0.2) is 4.39 Å². The number of ether oxygens (including phenoxy) is 2. The van der Waals surface area contributed by atoms with Gasteiger partial charge in [-0.1, -0.05) is 24.3 Å². The monoisotopic (exact) mass is 430 g/mol. The van der Waals surface area contributed by atoms with Crippen molar-refractivity contribution in [3.8, 4) is 11.5 Å². The number of hydrogen-bond acceptors (Lipinski definition) is 3. The van der Waals surface area contributed by atoms with Crippen LogP contribution in [0.2, 0.25) is 0 Å². The number of benzene rings is 3. The molecule has 1 aliphatic rings. The Morgan fingerprint density at radius 1 is 1.03 bits per heavy atom. The second-order valence-corrected chi connectivity index (χ2v) is 7.96. The van der Waals surface area contributed by atoms with Crippen LogP contribution in [0.5, 0.6) is 11.5 Å². The van der Waals surface area contributed by atoms with Crippen LogP contribution in [0, 0.1) is 5.82 Å². The van der Waals surface area contributed by atoms with E-state index in [1.807, 2.05) is 42.5 Å². The lowest BCUT2D eigenvalue weighted by atomic mass is 9.88. The fraction of sp³-hybridized carbons (Fsp3) is 0.192. The van der Waals surface area contributed by atoms with Crippen LogP contribution in [0.3, 0.4) is 0 Å². The summed E-state index contributed by atoms with van der Waals surface area (Å²) < 4.78 is 26.8. The van der Waals surface area contributed by atoms with E-state index in [1.165, 1.54) is 6.07 Å². The summed E-state index contributed by atoms with van der Waals surface area (Å²) in [5, 5.41) is 4.06. The topological polar surface area (TPSA) is 52.5 Å². The minimum atomic E-state index is -0.253. The van der Waals surface area contributed by atoms with Crippen molar-refractivity contribution in [3.05, 3.63) is 89.4 Å². The number of carbonyl (C=O) groups is 1. The van der Waals surface area contributed by atoms with Crippen LogP contribution in [0.4, 0.5) is 10.1 Å². The number of anilines is 1. The van der Waals surface area contributed by atoms with Gasteiger partial charge in [-0.15, -0.1) is 0 Å². The standard InChI is InChI=1S/C26H23FN2O3/c1-31-23-10-9-17(12-24(23)32-2)19-13-25(30)28-21-7-4-8-22-26(21)20(19)15-29(22)14-16-5-3-6-18(27)11-16/h3-12,15,19H,13-14H2,1-2H3,(H,28,30). The molecule has 6 heteroatoms. The number of rotatable bonds is 5. The van der Waals surface area contributed by atoms with E-state index in [2.05, 4.69) is 16.1 Å². The largest absolute Gasteiger partial charge is 0.493 e. The van der Waals surface area contributed by atoms with Crippen LogP contribution < -0.4 is 14.8 Å². The van der Waals surface area contributed by atoms with Crippen LogP contribution in [0.1, 0.15) is 29.0 Å². The van der Waals surface area contributed by atoms with Crippen LogP contribution in [-0.4, -0.2) is 24.7 Å². The van der Waals surface area contributed by atoms with E-state index >= 15 is 0 Å². The number of hydrogen-bond donors (Lipinski definition) is 1. The minimum Gasteiger partial charge on any atom is -0.493 e. The third-order valence-electron chi connectivity index (χ3n) is 6.03. The first-order valence-electron chi connectivity index (χ1n) is 10.5. The molecule has 0 saturated carbocycles. The smallest absolute Gasteiger partial charge is 0.225 e. The maximum Gasteiger partial charge on any atom is 0.225 e. The highest BCUT2D eigenvalue weighted by Crippen LogP contribution is 2.42. The van der Waals surface area contributed by atoms with Crippen LogP contribution >= 0.6 is 0 Å². The second-order valence-electron chi connectivity index (χ2n) is 7.96. The van der Waals surface area contributed by atoms with Gasteiger partial charge >= 0.3 is 0 Å². The molecule has 5 rings (SSSR count). The van der Waals surface area contributed by atoms with Gasteiger partial charge in [-0.05, 0) is 53.1 Å². The number of aromatic nitrogens is 1. The predicted octanol–water partition coefficient (Wildman–Crippen LogP) is 5.32. The number of amides is 1. The number of nitrogens with one attached hydrogen (secondary N) is 1. The van der Waals surface area contributed by atoms with Crippen LogP contribution in [0.25, 0.3) is 10.9 Å². The summed E-state index contributed by atoms with van der Waals surface area (Å²) >= 11 is 0. The van der Waals surface area contributed by atoms with Crippen molar-refractivity contribution < 1.29 is 18.7 Å². The Labute approximate surface area is 185 Å². The Balaban J connectivity index is 1.67. The van der Waals surface area contributed by atoms with Crippen LogP contribution in [-0.2, 0) is 11.3 Å². The maximum absolute atomic E-state index is 13.8. The summed E-state index contributed by atoms with van der Waals surface area (Å²) in [6, 6.07) is 18.3. The molecule has 32 heavy (non-hydrogen) atoms. The maximum atomic E-state index is 13.8. The summed E-state index contributed by atoms with van der Waals surface area (Å²) in [5.74, 6) is 0.818. The molecule has 0 spiro atoms. The minimum absolute atomic E-state index is 0.0369. The van der Waals surface area contributed by atoms with Gasteiger partial charge in [0.2, 0.25) is 5.91 Å². The van der Waals surface area contributed by atoms with E-state index in [-0.39, 0.29) is 17.6 Å². The molecule has 1 aliphatic heterocycles. The molecule has 5 nitrogen and oxygen atoms in total. The molecule has 0 aliphatic carbocycles. The van der Waals surface area contributed by atoms with Crippen molar-refractivity contribution in [1.82, 2.24) is 4.57 Å². The molecule has 0 fully saturated rings. The first-order chi connectivity index (χ1) is 15.6. The Morgan fingerprint density at radius 2 is 1.84 bits per heavy atom. The van der Waals surface area contributed by atoms with Crippen molar-refractivity contribution >= 4 is 22.5 Å². The Hall–Kier alpha value is -3.80. The van der Waals surface area contributed by atoms with Gasteiger partial charge < -0.3 is 19.4 Å². The number of methoxy groups -OCH3 is 2. The van der Waals surface area contributed by atoms with E-state index in [1.54, 1.807) is 26.4 Å². The van der Waals surface area contributed by atoms with Gasteiger partial charge in [0.1, 0.15) is 5.82 Å². The summed E-state index contributed by atoms with van der Waals surface area (Å²) in [7, 11) is 3.20. The predicted molar refractivity (Wildman–Crippen MR) is 122 cm³/mol. The summed E-state index contributed by atoms with van der Waals surface area (Å²) in [4.78, 5) is 12.7. The Morgan fingerprint density at radius 3 is 2.62 bits per heavy atom. The van der Waals surface area contributed by atoms with E-state index in [0.717, 1.165) is 33.3 Å². The lowest BCUT2D eigenvalue weighted by Gasteiger charge is -2.17. The zero-order valence-electron chi connectivity index (χ0n) is 17.9. The van der Waals surface area contributed by atoms with Crippen molar-refractivity contribution in [2.24, 2.45) is 0 Å². The van der Waals surface area contributed by atoms with Gasteiger partial charge in [0.05, 0.1) is 25.4 Å². The van der Waals surface area contributed by atoms with Crippen molar-refractivity contribution in [3.63, 3.8) is 0 Å². The average Bonchev–Trinajstić information content (AvgIpc) is 3.08. The van der Waals surface area contributed by atoms with E-state index in [4.69, 9.17) is 9.47 Å². The molecular formula is C26H23FN2O3. The highest BCUT2D eigenvalue weighted by Gasteiger charge is 2.28. The number of halogens is 1. The highest BCUT2D eigenvalue weighted by molar-refractivity contribution is 6.06. The average molecular weight is 430 g/mol. The fourth-order valence-corrected chi connectivity index (χ4v) is 4.58. The molecule has 3 aromatic carbocycles. The second kappa shape index (κ2) is 8.04. The van der Waals surface area contributed by atoms with Crippen molar-refractivity contribution in [2.75, 3.05) is 19.5 Å². The first kappa shape index (κ1) is 20.1. The Kier molecular flexibility index (Phi) is 5.05. The zero-order chi connectivity index (χ0) is 22.2. The molecule has 1 atom stereocenters. The van der Waals surface area contributed by atoms with E-state index < -0.39 is 0 Å². The number of carbonyl (C=O) groups excluding carboxylic acids is 1. The molecule has 162 valence electrons. The molecule has 4 aromatic rings. The van der Waals surface area contributed by atoms with Gasteiger partial charge in [0, 0.05) is 30.5 Å². The van der Waals surface area contributed by atoms with Crippen molar-refractivity contribution in [2.45, 2.75) is 18.9 Å². The molecule has 0 radical (unpaired) electrons. The molecular weight excluding hydrogens is 407 g/mol. The third-order valence-corrected chi connectivity index (χ3v) is 6.03. The molecule has 1 N–H and O–H groups in total. The highest BCUT2D eigenvalue weighted by atomic mass is 19.1. The summed E-state index contributed by atoms with van der Waals surface area (Å²) in [6.07, 6.45) is 2.39. The SMILES string of the molecule is COc1ccc(C2CC(=O)Nc3cccc4c3c2cn4Cc2cccc(F)c2)cc1OC. The van der Waals surface area contributed by atoms with Gasteiger partial charge in [-0.2, -0.15) is 0 Å². The van der Waals surface area contributed by atoms with Crippen molar-refractivity contribution in [1.29, 1.82) is 0 Å². The molecule has 0 bridgehead atoms. The van der Waals surface area contributed by atoms with E-state index in [0.29, 0.717) is 24.5 Å². The summed E-state index contributed by atoms with van der Waals surface area (Å²) in [5.41, 5.74) is 4.69. The summed E-state index contributed by atoms with van der Waals surface area (Å²) in [6.45, 7) is 0.532. The quantitative estimate of drug-likeness (QED) is 0.466. The van der Waals surface area contributed by atoms with Crippen LogP contribution in [0.15, 0.2) is 66.9 Å². The molecule has 2 heterocycles. The molecule has 1 aromatic heterocycles. The van der Waals surface area contributed by atoms with Gasteiger partial charge in [0.15, 0.2) is 11.5 Å². The lowest BCUT2D eigenvalue weighted by molar-refractivity contribution is -0.116. The zero-order valence-corrected chi connectivity index (χ0v) is 17.9. The first-order valence-corrected chi connectivity index (χ1v) is 10.5. The Bertz CT molecular complexity index is 1330. The normalized spacial score (nSPS) is 15.3. The van der Waals surface area contributed by atoms with E-state index in [9.17, 15) is 9.18 Å². The number of nitrogens with zero attached hydrogens (tertiary/aromatic N) is 1. The van der Waals surface area contributed by atoms with Gasteiger partial charge in [0.25, 0.3) is 0 Å². The molecule has 0 saturated heterocycles.